The molecular weight excluding hydrogens is 895 g/mol. The molecule has 3 aliphatic heterocycles. The van der Waals surface area contributed by atoms with E-state index in [1.807, 2.05) is 103 Å². The lowest BCUT2D eigenvalue weighted by atomic mass is 9.92. The number of benzene rings is 4. The Hall–Kier alpha value is -7.50. The van der Waals surface area contributed by atoms with E-state index in [9.17, 15) is 29.1 Å². The highest BCUT2D eigenvalue weighted by Crippen LogP contribution is 2.36. The molecule has 7 aromatic rings. The number of anilines is 3. The molecule has 3 aliphatic rings. The van der Waals surface area contributed by atoms with Crippen LogP contribution in [0.25, 0.3) is 32.2 Å². The van der Waals surface area contributed by atoms with Gasteiger partial charge in [-0.2, -0.15) is 5.10 Å². The second-order valence-corrected chi connectivity index (χ2v) is 19.0. The molecule has 0 aliphatic carbocycles. The zero-order chi connectivity index (χ0) is 47.8. The Bertz CT molecular complexity index is 3150. The second kappa shape index (κ2) is 19.2. The van der Waals surface area contributed by atoms with Crippen molar-refractivity contribution in [2.45, 2.75) is 57.9 Å². The number of carboxylic acids is 1. The average molecular weight is 946 g/mol. The Morgan fingerprint density at radius 2 is 1.74 bits per heavy atom. The zero-order valence-electron chi connectivity index (χ0n) is 38.3. The van der Waals surface area contributed by atoms with Gasteiger partial charge in [-0.1, -0.05) is 59.9 Å². The number of nitrogens with one attached hydrogen (secondary N) is 3. The van der Waals surface area contributed by atoms with Crippen molar-refractivity contribution in [3.63, 3.8) is 0 Å². The maximum atomic E-state index is 13.6. The van der Waals surface area contributed by atoms with Crippen molar-refractivity contribution in [3.8, 4) is 16.9 Å². The maximum absolute atomic E-state index is 13.6. The number of fused-ring (bicyclic) bond motifs is 3. The summed E-state index contributed by atoms with van der Waals surface area (Å²) >= 11 is 1.42. The number of para-hydroxylation sites is 2. The van der Waals surface area contributed by atoms with Gasteiger partial charge in [0.25, 0.3) is 5.91 Å². The third-order valence-electron chi connectivity index (χ3n) is 13.5. The normalized spacial score (nSPS) is 17.2. The van der Waals surface area contributed by atoms with Gasteiger partial charge in [0.1, 0.15) is 11.6 Å². The third-order valence-corrected chi connectivity index (χ3v) is 14.5. The number of carbonyl (C=O) groups excluding carboxylic acids is 4. The number of hydrogen-bond donors (Lipinski definition) is 4. The van der Waals surface area contributed by atoms with E-state index in [1.54, 1.807) is 11.7 Å². The van der Waals surface area contributed by atoms with Crippen molar-refractivity contribution in [2.24, 2.45) is 13.0 Å². The van der Waals surface area contributed by atoms with Crippen LogP contribution in [0, 0.1) is 12.8 Å². The van der Waals surface area contributed by atoms with Crippen LogP contribution in [0.4, 0.5) is 16.6 Å². The summed E-state index contributed by atoms with van der Waals surface area (Å²) in [6, 6.07) is 28.3. The number of aromatic nitrogens is 4. The number of rotatable bonds is 14. The highest BCUT2D eigenvalue weighted by molar-refractivity contribution is 7.22. The number of amides is 4. The van der Waals surface area contributed by atoms with Crippen LogP contribution in [0.5, 0.6) is 5.75 Å². The lowest BCUT2D eigenvalue weighted by Crippen LogP contribution is -2.39. The van der Waals surface area contributed by atoms with E-state index in [1.165, 1.54) is 11.3 Å². The first-order valence-corrected chi connectivity index (χ1v) is 24.1. The van der Waals surface area contributed by atoms with Gasteiger partial charge in [-0.05, 0) is 116 Å². The van der Waals surface area contributed by atoms with Crippen LogP contribution < -0.4 is 25.6 Å². The number of carboxylic acid groups (broad SMARTS) is 1. The minimum Gasteiger partial charge on any atom is -0.493 e. The number of imide groups is 1. The number of aryl methyl sites for hydroxylation is 1. The molecule has 2 saturated heterocycles. The van der Waals surface area contributed by atoms with E-state index in [-0.39, 0.29) is 42.3 Å². The van der Waals surface area contributed by atoms with Crippen LogP contribution in [-0.4, -0.2) is 92.1 Å². The first kappa shape index (κ1) is 45.3. The predicted molar refractivity (Wildman–Crippen MR) is 264 cm³/mol. The Labute approximate surface area is 401 Å². The monoisotopic (exact) mass is 945 g/mol. The van der Waals surface area contributed by atoms with Crippen LogP contribution >= 0.6 is 11.3 Å². The van der Waals surface area contributed by atoms with Gasteiger partial charge < -0.3 is 20.1 Å². The quantitative estimate of drug-likeness (QED) is 0.0613. The first-order chi connectivity index (χ1) is 33.5. The van der Waals surface area contributed by atoms with E-state index in [0.29, 0.717) is 77.7 Å². The van der Waals surface area contributed by atoms with E-state index in [0.717, 1.165) is 75.7 Å². The van der Waals surface area contributed by atoms with Gasteiger partial charge in [0.05, 0.1) is 46.2 Å². The number of likely N-dealkylation sites (tertiary alicyclic amines) is 1. The van der Waals surface area contributed by atoms with Crippen molar-refractivity contribution in [1.82, 2.24) is 30.0 Å². The van der Waals surface area contributed by atoms with E-state index < -0.39 is 11.9 Å². The Morgan fingerprint density at radius 1 is 0.899 bits per heavy atom. The minimum absolute atomic E-state index is 0.0622. The van der Waals surface area contributed by atoms with Crippen LogP contribution in [0.15, 0.2) is 91.0 Å². The molecule has 352 valence electrons. The Morgan fingerprint density at radius 3 is 2.58 bits per heavy atom. The maximum Gasteiger partial charge on any atom is 0.355 e. The fraction of sp³-hybridized carbons (Fsp3) is 0.308. The van der Waals surface area contributed by atoms with Crippen LogP contribution in [0.1, 0.15) is 81.3 Å². The van der Waals surface area contributed by atoms with Gasteiger partial charge in [-0.3, -0.25) is 39.4 Å². The van der Waals surface area contributed by atoms with Crippen LogP contribution in [-0.2, 0) is 34.4 Å². The molecule has 2 fully saturated rings. The van der Waals surface area contributed by atoms with Crippen molar-refractivity contribution >= 4 is 78.7 Å². The molecule has 6 heterocycles. The van der Waals surface area contributed by atoms with E-state index >= 15 is 0 Å². The topological polar surface area (TPSA) is 201 Å². The molecule has 0 spiro atoms. The van der Waals surface area contributed by atoms with Gasteiger partial charge in [-0.25, -0.2) is 14.8 Å². The average Bonchev–Trinajstić information content (AvgIpc) is 4.07. The largest absolute Gasteiger partial charge is 0.493 e. The molecular formula is C52H51N9O7S. The molecule has 3 aromatic heterocycles. The molecule has 4 amide bonds. The van der Waals surface area contributed by atoms with Crippen molar-refractivity contribution in [1.29, 1.82) is 0 Å². The molecule has 4 N–H and O–H groups in total. The Balaban J connectivity index is 0.735. The standard InChI is InChI=1S/C52H51N9O7S/c1-30-33(34-18-20-43(55-47(34)51(66)67)61-25-23-32-10-5-12-35(38(32)28-61)49(64)57-52-54-39-14-3-4-17-42(39)69-52)11-7-16-41(30)68-26-8-9-31-22-24-60(27-31)29-45(63)53-40-15-6-13-36-46(58-59(2)48(36)40)37-19-21-44(62)56-50(37)65/h3-7,10-18,20,31,37H,8-9,19,21-29H2,1-2H3,(H,53,63)(H,66,67)(H,54,57,64)(H,56,62,65)/t31-,37?/m0/s1. The van der Waals surface area contributed by atoms with Crippen LogP contribution in [0.2, 0.25) is 0 Å². The minimum atomic E-state index is -1.14. The summed E-state index contributed by atoms with van der Waals surface area (Å²) in [5.41, 5.74) is 7.23. The van der Waals surface area contributed by atoms with Gasteiger partial charge >= 0.3 is 5.97 Å². The number of pyridine rings is 1. The number of ether oxygens (including phenoxy) is 1. The van der Waals surface area contributed by atoms with Crippen LogP contribution in [0.3, 0.4) is 0 Å². The third kappa shape index (κ3) is 9.39. The fourth-order valence-electron chi connectivity index (χ4n) is 10.1. The lowest BCUT2D eigenvalue weighted by Gasteiger charge is -2.31. The smallest absolute Gasteiger partial charge is 0.355 e. The van der Waals surface area contributed by atoms with E-state index in [4.69, 9.17) is 9.72 Å². The molecule has 0 bridgehead atoms. The molecule has 2 atom stereocenters. The van der Waals surface area contributed by atoms with E-state index in [2.05, 4.69) is 30.9 Å². The molecule has 17 heteroatoms. The molecule has 10 rings (SSSR count). The fourth-order valence-corrected chi connectivity index (χ4v) is 10.9. The highest BCUT2D eigenvalue weighted by atomic mass is 32.1. The first-order valence-electron chi connectivity index (χ1n) is 23.3. The number of nitrogens with zero attached hydrogens (tertiary/aromatic N) is 6. The molecule has 0 saturated carbocycles. The van der Waals surface area contributed by atoms with Crippen molar-refractivity contribution in [2.75, 3.05) is 48.3 Å². The lowest BCUT2D eigenvalue weighted by molar-refractivity contribution is -0.134. The van der Waals surface area contributed by atoms with Gasteiger partial charge in [0, 0.05) is 49.6 Å². The summed E-state index contributed by atoms with van der Waals surface area (Å²) in [6.45, 7) is 5.27. The van der Waals surface area contributed by atoms with Crippen molar-refractivity contribution in [3.05, 3.63) is 125 Å². The molecule has 4 aromatic carbocycles. The van der Waals surface area contributed by atoms with Gasteiger partial charge in [-0.15, -0.1) is 0 Å². The summed E-state index contributed by atoms with van der Waals surface area (Å²) in [6.07, 6.45) is 4.03. The molecule has 0 radical (unpaired) electrons. The van der Waals surface area contributed by atoms with Gasteiger partial charge in [0.15, 0.2) is 10.8 Å². The zero-order valence-corrected chi connectivity index (χ0v) is 39.1. The summed E-state index contributed by atoms with van der Waals surface area (Å²) < 4.78 is 8.98. The summed E-state index contributed by atoms with van der Waals surface area (Å²) in [5.74, 6) is -1.07. The number of hydrogen-bond acceptors (Lipinski definition) is 12. The second-order valence-electron chi connectivity index (χ2n) is 18.0. The van der Waals surface area contributed by atoms with Gasteiger partial charge in [0.2, 0.25) is 17.7 Å². The predicted octanol–water partition coefficient (Wildman–Crippen LogP) is 7.71. The molecule has 69 heavy (non-hydrogen) atoms. The summed E-state index contributed by atoms with van der Waals surface area (Å²) in [5, 5.41) is 24.9. The summed E-state index contributed by atoms with van der Waals surface area (Å²) in [7, 11) is 1.79. The number of aromatic carboxylic acids is 1. The number of thiazole rings is 1. The molecule has 16 nitrogen and oxygen atoms in total. The van der Waals surface area contributed by atoms with Crippen molar-refractivity contribution < 1.29 is 33.8 Å². The summed E-state index contributed by atoms with van der Waals surface area (Å²) in [4.78, 5) is 77.6. The Kier molecular flexibility index (Phi) is 12.6. The SMILES string of the molecule is Cc1c(OCCC[C@H]2CCN(CC(=O)Nc3cccc4c(C5CCC(=O)NC5=O)nn(C)c34)C2)cccc1-c1ccc(N2CCc3cccc(C(=O)Nc4nc5ccccc5s4)c3C2)nc1C(=O)O. The highest BCUT2D eigenvalue weighted by Gasteiger charge is 2.33. The number of carbonyl (C=O) groups is 5. The number of piperidine rings is 1. The molecule has 1 unspecified atom stereocenters.